The highest BCUT2D eigenvalue weighted by atomic mass is 16.3. The van der Waals surface area contributed by atoms with E-state index in [4.69, 9.17) is 5.73 Å². The number of benzene rings is 1. The normalized spacial score (nSPS) is 14.6. The molecule has 0 aromatic heterocycles. The number of phenolic OH excluding ortho intramolecular Hbond substituents is 1. The Morgan fingerprint density at radius 2 is 2.18 bits per heavy atom. The number of amides is 1. The highest BCUT2D eigenvalue weighted by Crippen LogP contribution is 2.35. The molecule has 1 aromatic carbocycles. The molecule has 17 heavy (non-hydrogen) atoms. The summed E-state index contributed by atoms with van der Waals surface area (Å²) in [5.74, 6) is 0.0800. The second-order valence-corrected chi connectivity index (χ2v) is 5.31. The van der Waals surface area contributed by atoms with Crippen molar-refractivity contribution in [1.29, 1.82) is 0 Å². The Labute approximate surface area is 101 Å². The van der Waals surface area contributed by atoms with Gasteiger partial charge in [-0.1, -0.05) is 6.07 Å². The molecular weight excluding hydrogens is 216 g/mol. The van der Waals surface area contributed by atoms with Crippen LogP contribution in [0.1, 0.15) is 31.4 Å². The molecule has 0 saturated carbocycles. The molecule has 0 radical (unpaired) electrons. The molecule has 0 spiro atoms. The van der Waals surface area contributed by atoms with Crippen LogP contribution < -0.4 is 11.1 Å². The first-order valence-electron chi connectivity index (χ1n) is 5.79. The minimum absolute atomic E-state index is 0.0604. The van der Waals surface area contributed by atoms with Gasteiger partial charge >= 0.3 is 0 Å². The third kappa shape index (κ3) is 2.58. The Morgan fingerprint density at radius 3 is 2.82 bits per heavy atom. The van der Waals surface area contributed by atoms with E-state index in [0.717, 1.165) is 24.0 Å². The first-order chi connectivity index (χ1) is 7.87. The average molecular weight is 234 g/mol. The van der Waals surface area contributed by atoms with E-state index in [0.29, 0.717) is 12.1 Å². The summed E-state index contributed by atoms with van der Waals surface area (Å²) < 4.78 is 0. The number of fused-ring (bicyclic) bond motifs is 1. The Hall–Kier alpha value is -1.55. The number of carbonyl (C=O) groups excluding carboxylic acids is 1. The quantitative estimate of drug-likeness (QED) is 0.695. The number of aromatic hydroxyl groups is 1. The fourth-order valence-electron chi connectivity index (χ4n) is 2.06. The smallest absolute Gasteiger partial charge is 0.228 e. The summed E-state index contributed by atoms with van der Waals surface area (Å²) >= 11 is 0. The minimum Gasteiger partial charge on any atom is -0.506 e. The number of hydrogen-bond acceptors (Lipinski definition) is 3. The van der Waals surface area contributed by atoms with Gasteiger partial charge in [0.25, 0.3) is 0 Å². The molecule has 0 atom stereocenters. The number of rotatable bonds is 3. The lowest BCUT2D eigenvalue weighted by Crippen LogP contribution is -2.32. The molecule has 0 bridgehead atoms. The molecule has 1 amide bonds. The fourth-order valence-corrected chi connectivity index (χ4v) is 2.06. The zero-order valence-electron chi connectivity index (χ0n) is 10.2. The molecule has 1 aliphatic rings. The highest BCUT2D eigenvalue weighted by molar-refractivity contribution is 6.01. The molecule has 0 unspecified atom stereocenters. The largest absolute Gasteiger partial charge is 0.506 e. The van der Waals surface area contributed by atoms with Crippen LogP contribution in [0, 0.1) is 0 Å². The molecule has 4 heteroatoms. The summed E-state index contributed by atoms with van der Waals surface area (Å²) in [4.78, 5) is 11.4. The van der Waals surface area contributed by atoms with Crippen molar-refractivity contribution >= 4 is 11.6 Å². The van der Waals surface area contributed by atoms with Gasteiger partial charge in [-0.15, -0.1) is 0 Å². The van der Waals surface area contributed by atoms with Crippen LogP contribution >= 0.6 is 0 Å². The lowest BCUT2D eigenvalue weighted by molar-refractivity contribution is -0.115. The summed E-state index contributed by atoms with van der Waals surface area (Å²) in [6.45, 7) is 3.97. The van der Waals surface area contributed by atoms with Gasteiger partial charge in [-0.3, -0.25) is 4.79 Å². The van der Waals surface area contributed by atoms with E-state index in [1.807, 2.05) is 19.9 Å². The van der Waals surface area contributed by atoms with Gasteiger partial charge in [0.15, 0.2) is 0 Å². The van der Waals surface area contributed by atoms with E-state index in [1.165, 1.54) is 0 Å². The first kappa shape index (κ1) is 11.9. The van der Waals surface area contributed by atoms with Crippen LogP contribution in [0.4, 0.5) is 5.69 Å². The van der Waals surface area contributed by atoms with Gasteiger partial charge in [-0.2, -0.15) is 0 Å². The molecule has 0 fully saturated rings. The lowest BCUT2D eigenvalue weighted by atomic mass is 9.93. The third-order valence-electron chi connectivity index (χ3n) is 3.03. The number of nitrogens with one attached hydrogen (secondary N) is 1. The molecule has 1 heterocycles. The van der Waals surface area contributed by atoms with Gasteiger partial charge in [-0.05, 0) is 43.9 Å². The van der Waals surface area contributed by atoms with Gasteiger partial charge in [0, 0.05) is 5.54 Å². The number of anilines is 1. The molecule has 92 valence electrons. The summed E-state index contributed by atoms with van der Waals surface area (Å²) in [5, 5.41) is 12.3. The van der Waals surface area contributed by atoms with E-state index in [2.05, 4.69) is 5.32 Å². The molecular formula is C13H18N2O2. The van der Waals surface area contributed by atoms with Gasteiger partial charge in [0.1, 0.15) is 5.75 Å². The second-order valence-electron chi connectivity index (χ2n) is 5.31. The monoisotopic (exact) mass is 234 g/mol. The van der Waals surface area contributed by atoms with Gasteiger partial charge in [-0.25, -0.2) is 0 Å². The van der Waals surface area contributed by atoms with Crippen LogP contribution in [0.3, 0.4) is 0 Å². The molecule has 0 aliphatic carbocycles. The van der Waals surface area contributed by atoms with Crippen molar-refractivity contribution in [3.63, 3.8) is 0 Å². The zero-order chi connectivity index (χ0) is 12.6. The summed E-state index contributed by atoms with van der Waals surface area (Å²) in [5.41, 5.74) is 8.31. The minimum atomic E-state index is -0.221. The van der Waals surface area contributed by atoms with Crippen molar-refractivity contribution in [2.24, 2.45) is 5.73 Å². The average Bonchev–Trinajstić information content (AvgIpc) is 2.58. The second kappa shape index (κ2) is 4.04. The van der Waals surface area contributed by atoms with Gasteiger partial charge < -0.3 is 16.2 Å². The number of carbonyl (C=O) groups is 1. The molecule has 1 aromatic rings. The number of nitrogens with two attached hydrogens (primary N) is 1. The van der Waals surface area contributed by atoms with E-state index >= 15 is 0 Å². The molecule has 4 nitrogen and oxygen atoms in total. The van der Waals surface area contributed by atoms with Gasteiger partial charge in [0.2, 0.25) is 5.91 Å². The van der Waals surface area contributed by atoms with E-state index < -0.39 is 0 Å². The molecule has 4 N–H and O–H groups in total. The third-order valence-corrected chi connectivity index (χ3v) is 3.03. The van der Waals surface area contributed by atoms with Crippen LogP contribution in [0.15, 0.2) is 12.1 Å². The van der Waals surface area contributed by atoms with Gasteiger partial charge in [0.05, 0.1) is 12.1 Å². The summed E-state index contributed by atoms with van der Waals surface area (Å²) in [6.07, 6.45) is 2.02. The maximum absolute atomic E-state index is 11.4. The number of aryl methyl sites for hydroxylation is 1. The predicted octanol–water partition coefficient (Wildman–Crippen LogP) is 1.56. The maximum Gasteiger partial charge on any atom is 0.228 e. The van der Waals surface area contributed by atoms with Crippen molar-refractivity contribution in [2.75, 3.05) is 5.32 Å². The van der Waals surface area contributed by atoms with Crippen LogP contribution in [0.2, 0.25) is 0 Å². The van der Waals surface area contributed by atoms with E-state index in [-0.39, 0.29) is 17.2 Å². The lowest BCUT2D eigenvalue weighted by Gasteiger charge is -2.19. The maximum atomic E-state index is 11.4. The zero-order valence-corrected chi connectivity index (χ0v) is 10.2. The van der Waals surface area contributed by atoms with Crippen molar-refractivity contribution < 1.29 is 9.90 Å². The van der Waals surface area contributed by atoms with E-state index in [1.54, 1.807) is 6.07 Å². The highest BCUT2D eigenvalue weighted by Gasteiger charge is 2.24. The topological polar surface area (TPSA) is 75.3 Å². The Balaban J connectivity index is 2.26. The fraction of sp³-hybridized carbons (Fsp3) is 0.462. The van der Waals surface area contributed by atoms with Crippen LogP contribution in [0.25, 0.3) is 0 Å². The Morgan fingerprint density at radius 1 is 1.47 bits per heavy atom. The number of phenols is 1. The molecule has 1 aliphatic heterocycles. The standard InChI is InChI=1S/C13H18N2O2/c1-13(2,14)6-5-8-3-4-10(16)12-9(8)7-11(17)15-12/h3-4,16H,5-7,14H2,1-2H3,(H,15,17). The van der Waals surface area contributed by atoms with Crippen molar-refractivity contribution in [1.82, 2.24) is 0 Å². The van der Waals surface area contributed by atoms with Crippen molar-refractivity contribution in [2.45, 2.75) is 38.6 Å². The molecule has 2 rings (SSSR count). The van der Waals surface area contributed by atoms with Crippen LogP contribution in [-0.2, 0) is 17.6 Å². The Kier molecular flexibility index (Phi) is 2.83. The molecule has 0 saturated heterocycles. The summed E-state index contributed by atoms with van der Waals surface area (Å²) in [7, 11) is 0. The predicted molar refractivity (Wildman–Crippen MR) is 67.0 cm³/mol. The Bertz CT molecular complexity index is 461. The van der Waals surface area contributed by atoms with Crippen LogP contribution in [-0.4, -0.2) is 16.6 Å². The SMILES string of the molecule is CC(C)(N)CCc1ccc(O)c2c1CC(=O)N2. The van der Waals surface area contributed by atoms with E-state index in [9.17, 15) is 9.90 Å². The number of hydrogen-bond donors (Lipinski definition) is 3. The van der Waals surface area contributed by atoms with Crippen LogP contribution in [0.5, 0.6) is 5.75 Å². The van der Waals surface area contributed by atoms with Crippen molar-refractivity contribution in [3.05, 3.63) is 23.3 Å². The summed E-state index contributed by atoms with van der Waals surface area (Å²) in [6, 6.07) is 3.50. The van der Waals surface area contributed by atoms with Crippen molar-refractivity contribution in [3.8, 4) is 5.75 Å². The first-order valence-corrected chi connectivity index (χ1v) is 5.79.